The van der Waals surface area contributed by atoms with Crippen LogP contribution in [0.1, 0.15) is 34.0 Å². The predicted octanol–water partition coefficient (Wildman–Crippen LogP) is 3.03. The highest BCUT2D eigenvalue weighted by molar-refractivity contribution is 6.09. The maximum absolute atomic E-state index is 12.5. The van der Waals surface area contributed by atoms with Crippen LogP contribution in [0.25, 0.3) is 0 Å². The van der Waals surface area contributed by atoms with Crippen LogP contribution >= 0.6 is 0 Å². The van der Waals surface area contributed by atoms with Crippen molar-refractivity contribution in [1.29, 1.82) is 0 Å². The molecule has 1 unspecified atom stereocenters. The van der Waals surface area contributed by atoms with Crippen molar-refractivity contribution in [3.63, 3.8) is 0 Å². The van der Waals surface area contributed by atoms with Crippen molar-refractivity contribution in [2.24, 2.45) is 0 Å². The van der Waals surface area contributed by atoms with Gasteiger partial charge in [0, 0.05) is 23.4 Å². The van der Waals surface area contributed by atoms with E-state index >= 15 is 0 Å². The third-order valence-electron chi connectivity index (χ3n) is 3.50. The molecule has 0 amide bonds. The van der Waals surface area contributed by atoms with Gasteiger partial charge < -0.3 is 15.5 Å². The molecule has 0 heterocycles. The Hall–Kier alpha value is -2.33. The van der Waals surface area contributed by atoms with Crippen molar-refractivity contribution in [3.8, 4) is 5.75 Å². The number of hydrogen-bond donors (Lipinski definition) is 3. The molecule has 0 aliphatic heterocycles. The lowest BCUT2D eigenvalue weighted by molar-refractivity contribution is 0.103. The minimum Gasteiger partial charge on any atom is -0.507 e. The summed E-state index contributed by atoms with van der Waals surface area (Å²) in [6.07, 6.45) is -0.427. The van der Waals surface area contributed by atoms with Gasteiger partial charge in [0.25, 0.3) is 0 Å². The molecule has 0 aromatic heterocycles. The van der Waals surface area contributed by atoms with E-state index < -0.39 is 6.10 Å². The lowest BCUT2D eigenvalue weighted by Gasteiger charge is -2.10. The molecule has 22 heavy (non-hydrogen) atoms. The molecule has 0 saturated carbocycles. The van der Waals surface area contributed by atoms with Crippen molar-refractivity contribution in [1.82, 2.24) is 0 Å². The van der Waals surface area contributed by atoms with E-state index in [0.717, 1.165) is 5.69 Å². The first-order valence-corrected chi connectivity index (χ1v) is 7.25. The Labute approximate surface area is 130 Å². The van der Waals surface area contributed by atoms with E-state index in [2.05, 4.69) is 5.32 Å². The van der Waals surface area contributed by atoms with E-state index in [4.69, 9.17) is 0 Å². The Bertz CT molecular complexity index is 652. The number of phenols is 1. The fourth-order valence-electron chi connectivity index (χ4n) is 2.26. The highest BCUT2D eigenvalue weighted by atomic mass is 16.3. The van der Waals surface area contributed by atoms with Gasteiger partial charge in [0.15, 0.2) is 5.78 Å². The van der Waals surface area contributed by atoms with E-state index in [1.54, 1.807) is 45.0 Å². The van der Waals surface area contributed by atoms with Crippen LogP contribution in [0.2, 0.25) is 0 Å². The zero-order valence-electron chi connectivity index (χ0n) is 13.1. The van der Waals surface area contributed by atoms with Crippen LogP contribution in [0.3, 0.4) is 0 Å². The molecule has 0 aliphatic rings. The second-order valence-electron chi connectivity index (χ2n) is 5.60. The average molecular weight is 299 g/mol. The largest absolute Gasteiger partial charge is 0.507 e. The molecule has 2 aromatic rings. The Balaban J connectivity index is 2.19. The number of aryl methyl sites for hydroxylation is 2. The number of hydrogen-bond acceptors (Lipinski definition) is 4. The zero-order chi connectivity index (χ0) is 16.3. The first kappa shape index (κ1) is 16.0. The minimum absolute atomic E-state index is 0.0757. The Morgan fingerprint density at radius 1 is 1.09 bits per heavy atom. The molecule has 0 aliphatic carbocycles. The molecule has 2 rings (SSSR count). The molecule has 116 valence electrons. The lowest BCUT2D eigenvalue weighted by Crippen LogP contribution is -2.15. The van der Waals surface area contributed by atoms with Gasteiger partial charge in [0.05, 0.1) is 6.10 Å². The van der Waals surface area contributed by atoms with Crippen molar-refractivity contribution in [3.05, 3.63) is 58.7 Å². The highest BCUT2D eigenvalue weighted by Crippen LogP contribution is 2.24. The van der Waals surface area contributed by atoms with E-state index in [1.807, 2.05) is 12.1 Å². The summed E-state index contributed by atoms with van der Waals surface area (Å²) in [5, 5.41) is 22.1. The van der Waals surface area contributed by atoms with Crippen LogP contribution in [0.15, 0.2) is 36.4 Å². The first-order chi connectivity index (χ1) is 10.4. The van der Waals surface area contributed by atoms with Crippen molar-refractivity contribution in [2.75, 3.05) is 11.9 Å². The van der Waals surface area contributed by atoms with Gasteiger partial charge in [-0.2, -0.15) is 0 Å². The second kappa shape index (κ2) is 6.62. The Morgan fingerprint density at radius 2 is 1.64 bits per heavy atom. The highest BCUT2D eigenvalue weighted by Gasteiger charge is 2.12. The van der Waals surface area contributed by atoms with Gasteiger partial charge in [0.1, 0.15) is 5.75 Å². The number of ketones is 1. The van der Waals surface area contributed by atoms with Gasteiger partial charge in [-0.3, -0.25) is 4.79 Å². The average Bonchev–Trinajstić information content (AvgIpc) is 2.50. The van der Waals surface area contributed by atoms with Crippen molar-refractivity contribution >= 4 is 11.5 Å². The summed E-state index contributed by atoms with van der Waals surface area (Å²) in [4.78, 5) is 12.5. The zero-order valence-corrected chi connectivity index (χ0v) is 13.1. The van der Waals surface area contributed by atoms with Gasteiger partial charge in [-0.25, -0.2) is 0 Å². The lowest BCUT2D eigenvalue weighted by atomic mass is 9.98. The third kappa shape index (κ3) is 3.65. The number of rotatable bonds is 5. The third-order valence-corrected chi connectivity index (χ3v) is 3.50. The number of aliphatic hydroxyl groups excluding tert-OH is 1. The van der Waals surface area contributed by atoms with E-state index in [-0.39, 0.29) is 11.5 Å². The topological polar surface area (TPSA) is 69.6 Å². The summed E-state index contributed by atoms with van der Waals surface area (Å²) in [5.74, 6) is 0.155. The maximum Gasteiger partial charge on any atom is 0.193 e. The number of anilines is 1. The van der Waals surface area contributed by atoms with Gasteiger partial charge >= 0.3 is 0 Å². The number of aliphatic hydroxyl groups is 1. The SMILES string of the molecule is Cc1cc(C(=O)c2ccc(NCC(C)O)cc2)cc(C)c1O. The number of carbonyl (C=O) groups excluding carboxylic acids is 1. The molecule has 0 bridgehead atoms. The molecular formula is C18H21NO3. The van der Waals surface area contributed by atoms with Crippen molar-refractivity contribution in [2.45, 2.75) is 26.9 Å². The summed E-state index contributed by atoms with van der Waals surface area (Å²) in [7, 11) is 0. The van der Waals surface area contributed by atoms with Gasteiger partial charge in [-0.15, -0.1) is 0 Å². The van der Waals surface area contributed by atoms with Gasteiger partial charge in [-0.05, 0) is 68.3 Å². The molecule has 4 nitrogen and oxygen atoms in total. The molecule has 2 aromatic carbocycles. The molecular weight excluding hydrogens is 278 g/mol. The molecule has 0 saturated heterocycles. The second-order valence-corrected chi connectivity index (χ2v) is 5.60. The smallest absolute Gasteiger partial charge is 0.193 e. The van der Waals surface area contributed by atoms with Crippen LogP contribution < -0.4 is 5.32 Å². The fourth-order valence-corrected chi connectivity index (χ4v) is 2.26. The number of phenolic OH excluding ortho intramolecular Hbond substituents is 1. The minimum atomic E-state index is -0.427. The summed E-state index contributed by atoms with van der Waals surface area (Å²) >= 11 is 0. The quantitative estimate of drug-likeness (QED) is 0.742. The molecule has 0 spiro atoms. The summed E-state index contributed by atoms with van der Waals surface area (Å²) < 4.78 is 0. The van der Waals surface area contributed by atoms with Crippen LogP contribution in [0.4, 0.5) is 5.69 Å². The van der Waals surface area contributed by atoms with Gasteiger partial charge in [0.2, 0.25) is 0 Å². The number of nitrogens with one attached hydrogen (secondary N) is 1. The molecule has 0 fully saturated rings. The fraction of sp³-hybridized carbons (Fsp3) is 0.278. The Kier molecular flexibility index (Phi) is 4.83. The Morgan fingerprint density at radius 3 is 2.14 bits per heavy atom. The van der Waals surface area contributed by atoms with E-state index in [9.17, 15) is 15.0 Å². The summed E-state index contributed by atoms with van der Waals surface area (Å²) in [6, 6.07) is 10.5. The molecule has 0 radical (unpaired) electrons. The normalized spacial score (nSPS) is 12.0. The number of aromatic hydroxyl groups is 1. The standard InChI is InChI=1S/C18H21NO3/c1-11-8-15(9-12(2)17(11)21)18(22)14-4-6-16(7-5-14)19-10-13(3)20/h4-9,13,19-21H,10H2,1-3H3. The number of carbonyl (C=O) groups is 1. The molecule has 3 N–H and O–H groups in total. The van der Waals surface area contributed by atoms with Crippen LogP contribution in [-0.4, -0.2) is 28.6 Å². The van der Waals surface area contributed by atoms with Crippen LogP contribution in [0, 0.1) is 13.8 Å². The monoisotopic (exact) mass is 299 g/mol. The number of benzene rings is 2. The predicted molar refractivity (Wildman–Crippen MR) is 87.6 cm³/mol. The van der Waals surface area contributed by atoms with Crippen LogP contribution in [0.5, 0.6) is 5.75 Å². The van der Waals surface area contributed by atoms with E-state index in [0.29, 0.717) is 28.8 Å². The summed E-state index contributed by atoms with van der Waals surface area (Å²) in [5.41, 5.74) is 3.40. The van der Waals surface area contributed by atoms with Crippen molar-refractivity contribution < 1.29 is 15.0 Å². The van der Waals surface area contributed by atoms with Gasteiger partial charge in [-0.1, -0.05) is 0 Å². The maximum atomic E-state index is 12.5. The van der Waals surface area contributed by atoms with E-state index in [1.165, 1.54) is 0 Å². The molecule has 4 heteroatoms. The first-order valence-electron chi connectivity index (χ1n) is 7.25. The van der Waals surface area contributed by atoms with Crippen LogP contribution in [-0.2, 0) is 0 Å². The summed E-state index contributed by atoms with van der Waals surface area (Å²) in [6.45, 7) is 5.73. The molecule has 1 atom stereocenters.